The second-order valence-corrected chi connectivity index (χ2v) is 6.59. The number of carboxylic acid groups (broad SMARTS) is 1. The molecule has 0 amide bonds. The maximum Gasteiger partial charge on any atom is 0.335 e. The van der Waals surface area contributed by atoms with E-state index in [1.54, 1.807) is 0 Å². The summed E-state index contributed by atoms with van der Waals surface area (Å²) in [5, 5.41) is 8.73. The highest BCUT2D eigenvalue weighted by Crippen LogP contribution is 2.20. The van der Waals surface area contributed by atoms with Crippen LogP contribution in [0.3, 0.4) is 0 Å². The van der Waals surface area contributed by atoms with E-state index in [1.165, 1.54) is 5.57 Å². The predicted octanol–water partition coefficient (Wildman–Crippen LogP) is 2.30. The number of allylic oxidation sites excluding steroid dienone is 1. The SMILES string of the molecule is O=C(O)c1ccc(S(=O)(=O)NCCC2=CCCC2)c(F)c1. The molecule has 0 heterocycles. The van der Waals surface area contributed by atoms with Gasteiger partial charge in [-0.15, -0.1) is 0 Å². The molecule has 0 unspecified atom stereocenters. The van der Waals surface area contributed by atoms with Gasteiger partial charge in [-0.05, 0) is 43.9 Å². The number of halogens is 1. The van der Waals surface area contributed by atoms with E-state index in [4.69, 9.17) is 5.11 Å². The van der Waals surface area contributed by atoms with Crippen LogP contribution in [0.2, 0.25) is 0 Å². The van der Waals surface area contributed by atoms with Crippen LogP contribution in [0.5, 0.6) is 0 Å². The van der Waals surface area contributed by atoms with E-state index in [0.717, 1.165) is 31.4 Å². The van der Waals surface area contributed by atoms with Gasteiger partial charge in [-0.25, -0.2) is 22.3 Å². The highest BCUT2D eigenvalue weighted by atomic mass is 32.2. The fraction of sp³-hybridized carbons (Fsp3) is 0.357. The molecule has 1 aliphatic carbocycles. The Morgan fingerprint density at radius 2 is 2.14 bits per heavy atom. The lowest BCUT2D eigenvalue weighted by Crippen LogP contribution is -2.26. The molecule has 1 aliphatic rings. The van der Waals surface area contributed by atoms with Gasteiger partial charge >= 0.3 is 5.97 Å². The summed E-state index contributed by atoms with van der Waals surface area (Å²) in [7, 11) is -3.97. The van der Waals surface area contributed by atoms with Gasteiger partial charge in [0, 0.05) is 6.54 Å². The summed E-state index contributed by atoms with van der Waals surface area (Å²) in [6, 6.07) is 2.74. The summed E-state index contributed by atoms with van der Waals surface area (Å²) in [5.41, 5.74) is 0.918. The molecule has 0 spiro atoms. The number of carboxylic acids is 1. The Kier molecular flexibility index (Phi) is 4.74. The molecule has 114 valence electrons. The first-order valence-electron chi connectivity index (χ1n) is 6.60. The molecular formula is C14H16FNO4S. The molecule has 2 N–H and O–H groups in total. The Balaban J connectivity index is 2.06. The van der Waals surface area contributed by atoms with Crippen LogP contribution in [0, 0.1) is 5.82 Å². The van der Waals surface area contributed by atoms with Gasteiger partial charge < -0.3 is 5.11 Å². The Morgan fingerprint density at radius 3 is 2.71 bits per heavy atom. The molecule has 0 aromatic heterocycles. The lowest BCUT2D eigenvalue weighted by Gasteiger charge is -2.08. The minimum absolute atomic E-state index is 0.203. The second kappa shape index (κ2) is 6.36. The number of rotatable bonds is 6. The zero-order valence-corrected chi connectivity index (χ0v) is 12.1. The van der Waals surface area contributed by atoms with Crippen molar-refractivity contribution in [2.24, 2.45) is 0 Å². The molecule has 1 aromatic rings. The molecule has 0 atom stereocenters. The second-order valence-electron chi connectivity index (χ2n) is 4.85. The topological polar surface area (TPSA) is 83.5 Å². The summed E-state index contributed by atoms with van der Waals surface area (Å²) >= 11 is 0. The number of carbonyl (C=O) groups is 1. The average molecular weight is 313 g/mol. The molecule has 0 bridgehead atoms. The van der Waals surface area contributed by atoms with Gasteiger partial charge in [-0.3, -0.25) is 0 Å². The van der Waals surface area contributed by atoms with Gasteiger partial charge in [0.15, 0.2) is 0 Å². The highest BCUT2D eigenvalue weighted by molar-refractivity contribution is 7.89. The minimum atomic E-state index is -3.97. The number of hydrogen-bond donors (Lipinski definition) is 2. The van der Waals surface area contributed by atoms with Crippen molar-refractivity contribution in [1.82, 2.24) is 4.72 Å². The van der Waals surface area contributed by atoms with Gasteiger partial charge in [-0.1, -0.05) is 11.6 Å². The summed E-state index contributed by atoms with van der Waals surface area (Å²) in [4.78, 5) is 10.2. The first kappa shape index (κ1) is 15.7. The third kappa shape index (κ3) is 3.89. The Bertz CT molecular complexity index is 682. The summed E-state index contributed by atoms with van der Waals surface area (Å²) < 4.78 is 40.1. The molecule has 0 saturated heterocycles. The van der Waals surface area contributed by atoms with E-state index in [1.807, 2.05) is 0 Å². The first-order valence-corrected chi connectivity index (χ1v) is 8.09. The standard InChI is InChI=1S/C14H16FNO4S/c15-12-9-11(14(17)18)5-6-13(12)21(19,20)16-8-7-10-3-1-2-4-10/h3,5-6,9,16H,1-2,4,7-8H2,(H,17,18). The lowest BCUT2D eigenvalue weighted by molar-refractivity contribution is 0.0696. The number of benzene rings is 1. The van der Waals surface area contributed by atoms with E-state index in [-0.39, 0.29) is 12.1 Å². The number of hydrogen-bond acceptors (Lipinski definition) is 3. The van der Waals surface area contributed by atoms with Crippen molar-refractivity contribution < 1.29 is 22.7 Å². The van der Waals surface area contributed by atoms with E-state index in [2.05, 4.69) is 10.8 Å². The van der Waals surface area contributed by atoms with Gasteiger partial charge in [0.25, 0.3) is 0 Å². The highest BCUT2D eigenvalue weighted by Gasteiger charge is 2.20. The van der Waals surface area contributed by atoms with Gasteiger partial charge in [0.2, 0.25) is 10.0 Å². The molecule has 0 saturated carbocycles. The minimum Gasteiger partial charge on any atom is -0.478 e. The van der Waals surface area contributed by atoms with Crippen LogP contribution in [0.15, 0.2) is 34.7 Å². The van der Waals surface area contributed by atoms with Crippen LogP contribution in [-0.4, -0.2) is 26.0 Å². The number of aromatic carboxylic acids is 1. The molecule has 0 radical (unpaired) electrons. The third-order valence-corrected chi connectivity index (χ3v) is 4.84. The van der Waals surface area contributed by atoms with Crippen molar-refractivity contribution in [2.75, 3.05) is 6.54 Å². The van der Waals surface area contributed by atoms with Crippen LogP contribution in [0.1, 0.15) is 36.0 Å². The smallest absolute Gasteiger partial charge is 0.335 e. The maximum atomic E-state index is 13.7. The Morgan fingerprint density at radius 1 is 1.38 bits per heavy atom. The predicted molar refractivity (Wildman–Crippen MR) is 75.1 cm³/mol. The average Bonchev–Trinajstić information content (AvgIpc) is 2.91. The molecule has 1 aromatic carbocycles. The normalized spacial score (nSPS) is 15.0. The van der Waals surface area contributed by atoms with Crippen molar-refractivity contribution in [3.8, 4) is 0 Å². The first-order chi connectivity index (χ1) is 9.90. The monoisotopic (exact) mass is 313 g/mol. The Labute approximate surface area is 122 Å². The van der Waals surface area contributed by atoms with Crippen molar-refractivity contribution in [3.05, 3.63) is 41.2 Å². The van der Waals surface area contributed by atoms with Crippen LogP contribution in [0.25, 0.3) is 0 Å². The van der Waals surface area contributed by atoms with Crippen LogP contribution < -0.4 is 4.72 Å². The van der Waals surface area contributed by atoms with E-state index in [0.29, 0.717) is 12.5 Å². The van der Waals surface area contributed by atoms with E-state index < -0.39 is 26.7 Å². The van der Waals surface area contributed by atoms with Crippen molar-refractivity contribution in [2.45, 2.75) is 30.6 Å². The van der Waals surface area contributed by atoms with E-state index >= 15 is 0 Å². The van der Waals surface area contributed by atoms with Crippen molar-refractivity contribution >= 4 is 16.0 Å². The molecule has 21 heavy (non-hydrogen) atoms. The van der Waals surface area contributed by atoms with Crippen LogP contribution in [0.4, 0.5) is 4.39 Å². The number of nitrogens with one attached hydrogen (secondary N) is 1. The fourth-order valence-corrected chi connectivity index (χ4v) is 3.33. The molecule has 2 rings (SSSR count). The van der Waals surface area contributed by atoms with Gasteiger partial charge in [-0.2, -0.15) is 0 Å². The summed E-state index contributed by atoms with van der Waals surface area (Å²) in [6.07, 6.45) is 5.79. The lowest BCUT2D eigenvalue weighted by atomic mass is 10.2. The Hall–Kier alpha value is -1.73. The maximum absolute atomic E-state index is 13.7. The van der Waals surface area contributed by atoms with Gasteiger partial charge in [0.05, 0.1) is 5.56 Å². The van der Waals surface area contributed by atoms with Crippen molar-refractivity contribution in [3.63, 3.8) is 0 Å². The molecule has 5 nitrogen and oxygen atoms in total. The van der Waals surface area contributed by atoms with Crippen LogP contribution >= 0.6 is 0 Å². The van der Waals surface area contributed by atoms with Crippen molar-refractivity contribution in [1.29, 1.82) is 0 Å². The zero-order chi connectivity index (χ0) is 15.5. The molecule has 0 fully saturated rings. The third-order valence-electron chi connectivity index (χ3n) is 3.34. The van der Waals surface area contributed by atoms with Gasteiger partial charge in [0.1, 0.15) is 10.7 Å². The number of sulfonamides is 1. The zero-order valence-electron chi connectivity index (χ0n) is 11.3. The van der Waals surface area contributed by atoms with E-state index in [9.17, 15) is 17.6 Å². The quantitative estimate of drug-likeness (QED) is 0.789. The molecule has 0 aliphatic heterocycles. The molecule has 7 heteroatoms. The summed E-state index contributed by atoms with van der Waals surface area (Å²) in [5.74, 6) is -2.37. The fourth-order valence-electron chi connectivity index (χ4n) is 2.24. The molecular weight excluding hydrogens is 297 g/mol. The summed E-state index contributed by atoms with van der Waals surface area (Å²) in [6.45, 7) is 0.203. The van der Waals surface area contributed by atoms with Crippen LogP contribution in [-0.2, 0) is 10.0 Å². The largest absolute Gasteiger partial charge is 0.478 e.